The summed E-state index contributed by atoms with van der Waals surface area (Å²) < 4.78 is 12.3. The third-order valence-electron chi connectivity index (χ3n) is 5.12. The lowest BCUT2D eigenvalue weighted by Crippen LogP contribution is -2.62. The van der Waals surface area contributed by atoms with Gasteiger partial charge < -0.3 is 14.4 Å². The molecule has 0 aliphatic carbocycles. The van der Waals surface area contributed by atoms with Crippen LogP contribution >= 0.6 is 11.8 Å². The zero-order valence-electron chi connectivity index (χ0n) is 10.5. The fourth-order valence-corrected chi connectivity index (χ4v) is 5.68. The maximum absolute atomic E-state index is 6.34. The average molecular weight is 255 g/mol. The SMILES string of the molecule is CC1CN2CCC1C1(C2)CC2(CO1)OCCS2. The van der Waals surface area contributed by atoms with Gasteiger partial charge >= 0.3 is 0 Å². The van der Waals surface area contributed by atoms with E-state index >= 15 is 0 Å². The quantitative estimate of drug-likeness (QED) is 0.655. The van der Waals surface area contributed by atoms with E-state index in [1.165, 1.54) is 19.5 Å². The molecule has 0 aromatic heterocycles. The molecule has 0 saturated carbocycles. The summed E-state index contributed by atoms with van der Waals surface area (Å²) in [5.74, 6) is 2.69. The van der Waals surface area contributed by atoms with Gasteiger partial charge in [0, 0.05) is 25.3 Å². The fraction of sp³-hybridized carbons (Fsp3) is 1.00. The molecular weight excluding hydrogens is 234 g/mol. The van der Waals surface area contributed by atoms with E-state index in [1.54, 1.807) is 0 Å². The Kier molecular flexibility index (Phi) is 2.36. The second-order valence-corrected chi connectivity index (χ2v) is 7.69. The van der Waals surface area contributed by atoms with Gasteiger partial charge in [0.25, 0.3) is 0 Å². The van der Waals surface area contributed by atoms with Crippen LogP contribution in [0.3, 0.4) is 0 Å². The van der Waals surface area contributed by atoms with Gasteiger partial charge in [0.2, 0.25) is 0 Å². The lowest BCUT2D eigenvalue weighted by atomic mass is 9.68. The highest BCUT2D eigenvalue weighted by atomic mass is 32.2. The Morgan fingerprint density at radius 2 is 2.29 bits per heavy atom. The minimum Gasteiger partial charge on any atom is -0.369 e. The van der Waals surface area contributed by atoms with Crippen LogP contribution < -0.4 is 0 Å². The first-order chi connectivity index (χ1) is 8.22. The molecule has 17 heavy (non-hydrogen) atoms. The standard InChI is InChI=1S/C13H21NO2S/c1-10-6-14-3-2-11(10)12(8-14)7-13(9-16-12)15-4-5-17-13/h10-11H,2-9H2,1H3. The van der Waals surface area contributed by atoms with Crippen LogP contribution in [-0.4, -0.2) is 54.0 Å². The first-order valence-electron chi connectivity index (χ1n) is 6.86. The molecule has 0 aromatic carbocycles. The van der Waals surface area contributed by atoms with Gasteiger partial charge in [0.1, 0.15) is 4.93 Å². The van der Waals surface area contributed by atoms with Gasteiger partial charge in [0.05, 0.1) is 18.8 Å². The van der Waals surface area contributed by atoms with Gasteiger partial charge in [0.15, 0.2) is 0 Å². The molecule has 5 aliphatic rings. The second-order valence-electron chi connectivity index (χ2n) is 6.25. The molecule has 0 aromatic rings. The smallest absolute Gasteiger partial charge is 0.139 e. The van der Waals surface area contributed by atoms with Crippen LogP contribution in [0.5, 0.6) is 0 Å². The van der Waals surface area contributed by atoms with E-state index < -0.39 is 0 Å². The monoisotopic (exact) mass is 255 g/mol. The normalized spacial score (nSPS) is 57.4. The van der Waals surface area contributed by atoms with Crippen molar-refractivity contribution in [3.8, 4) is 0 Å². The van der Waals surface area contributed by atoms with E-state index in [1.807, 2.05) is 11.8 Å². The van der Waals surface area contributed by atoms with Gasteiger partial charge in [-0.05, 0) is 24.8 Å². The van der Waals surface area contributed by atoms with Crippen LogP contribution in [0, 0.1) is 11.8 Å². The van der Waals surface area contributed by atoms with Crippen LogP contribution in [0.4, 0.5) is 0 Å². The molecule has 5 saturated heterocycles. The number of piperidine rings is 3. The van der Waals surface area contributed by atoms with Crippen molar-refractivity contribution >= 4 is 11.8 Å². The van der Waals surface area contributed by atoms with Crippen LogP contribution in [0.2, 0.25) is 0 Å². The molecule has 5 rings (SSSR count). The van der Waals surface area contributed by atoms with E-state index in [4.69, 9.17) is 9.47 Å². The Labute approximate surface area is 107 Å². The lowest BCUT2D eigenvalue weighted by Gasteiger charge is -2.54. The molecule has 5 unspecified atom stereocenters. The Bertz CT molecular complexity index is 331. The number of hydrogen-bond acceptors (Lipinski definition) is 4. The van der Waals surface area contributed by atoms with Crippen molar-refractivity contribution in [3.63, 3.8) is 0 Å². The molecule has 5 fully saturated rings. The number of rotatable bonds is 0. The fourth-order valence-electron chi connectivity index (χ4n) is 4.49. The van der Waals surface area contributed by atoms with E-state index in [2.05, 4.69) is 11.8 Å². The highest BCUT2D eigenvalue weighted by Crippen LogP contribution is 2.54. The predicted molar refractivity (Wildman–Crippen MR) is 68.2 cm³/mol. The molecule has 0 N–H and O–H groups in total. The summed E-state index contributed by atoms with van der Waals surface area (Å²) in [6.07, 6.45) is 2.44. The zero-order chi connectivity index (χ0) is 11.5. The van der Waals surface area contributed by atoms with Crippen molar-refractivity contribution in [1.29, 1.82) is 0 Å². The van der Waals surface area contributed by atoms with Crippen molar-refractivity contribution in [2.45, 2.75) is 30.3 Å². The molecule has 5 heterocycles. The summed E-state index contributed by atoms with van der Waals surface area (Å²) in [6, 6.07) is 0. The summed E-state index contributed by atoms with van der Waals surface area (Å²) in [5.41, 5.74) is 0.118. The van der Waals surface area contributed by atoms with Crippen LogP contribution in [-0.2, 0) is 9.47 Å². The molecule has 4 heteroatoms. The minimum atomic E-state index is 0.0122. The average Bonchev–Trinajstić information content (AvgIpc) is 2.89. The maximum Gasteiger partial charge on any atom is 0.139 e. The Balaban J connectivity index is 1.61. The van der Waals surface area contributed by atoms with Crippen molar-refractivity contribution in [3.05, 3.63) is 0 Å². The second kappa shape index (κ2) is 3.62. The van der Waals surface area contributed by atoms with E-state index in [0.717, 1.165) is 43.8 Å². The van der Waals surface area contributed by atoms with Gasteiger partial charge in [-0.3, -0.25) is 0 Å². The highest BCUT2D eigenvalue weighted by molar-refractivity contribution is 8.00. The number of hydrogen-bond donors (Lipinski definition) is 0. The van der Waals surface area contributed by atoms with Gasteiger partial charge in [-0.1, -0.05) is 6.92 Å². The van der Waals surface area contributed by atoms with Crippen molar-refractivity contribution < 1.29 is 9.47 Å². The molecule has 3 nitrogen and oxygen atoms in total. The number of nitrogens with zero attached hydrogens (tertiary/aromatic N) is 1. The molecular formula is C13H21NO2S. The van der Waals surface area contributed by atoms with Crippen LogP contribution in [0.25, 0.3) is 0 Å². The van der Waals surface area contributed by atoms with Gasteiger partial charge in [-0.15, -0.1) is 11.8 Å². The Hall–Kier alpha value is 0.230. The molecule has 2 spiro atoms. The van der Waals surface area contributed by atoms with E-state index in [0.29, 0.717) is 0 Å². The van der Waals surface area contributed by atoms with E-state index in [9.17, 15) is 0 Å². The topological polar surface area (TPSA) is 21.7 Å². The molecule has 2 bridgehead atoms. The highest BCUT2D eigenvalue weighted by Gasteiger charge is 2.60. The van der Waals surface area contributed by atoms with Gasteiger partial charge in [-0.2, -0.15) is 0 Å². The minimum absolute atomic E-state index is 0.0122. The number of fused-ring (bicyclic) bond motifs is 2. The van der Waals surface area contributed by atoms with Crippen LogP contribution in [0.15, 0.2) is 0 Å². The molecule has 0 amide bonds. The number of thioether (sulfide) groups is 1. The van der Waals surface area contributed by atoms with E-state index in [-0.39, 0.29) is 10.5 Å². The Morgan fingerprint density at radius 1 is 1.35 bits per heavy atom. The predicted octanol–water partition coefficient (Wildman–Crippen LogP) is 1.58. The number of ether oxygens (including phenoxy) is 2. The molecule has 0 radical (unpaired) electrons. The summed E-state index contributed by atoms with van der Waals surface area (Å²) in [7, 11) is 0. The Morgan fingerprint density at radius 3 is 3.00 bits per heavy atom. The third kappa shape index (κ3) is 1.54. The first kappa shape index (κ1) is 11.1. The summed E-state index contributed by atoms with van der Waals surface area (Å²) >= 11 is 1.98. The maximum atomic E-state index is 6.34. The van der Waals surface area contributed by atoms with Crippen molar-refractivity contribution in [2.75, 3.05) is 38.6 Å². The molecule has 96 valence electrons. The third-order valence-corrected chi connectivity index (χ3v) is 6.39. The summed E-state index contributed by atoms with van der Waals surface area (Å²) in [5, 5.41) is 0. The van der Waals surface area contributed by atoms with Gasteiger partial charge in [-0.25, -0.2) is 0 Å². The van der Waals surface area contributed by atoms with Crippen molar-refractivity contribution in [1.82, 2.24) is 4.90 Å². The lowest BCUT2D eigenvalue weighted by molar-refractivity contribution is -0.144. The zero-order valence-corrected chi connectivity index (χ0v) is 11.3. The van der Waals surface area contributed by atoms with Crippen molar-refractivity contribution in [2.24, 2.45) is 11.8 Å². The first-order valence-corrected chi connectivity index (χ1v) is 7.84. The molecule has 5 atom stereocenters. The largest absolute Gasteiger partial charge is 0.369 e. The summed E-state index contributed by atoms with van der Waals surface area (Å²) in [6.45, 7) is 7.82. The molecule has 5 aliphatic heterocycles. The van der Waals surface area contributed by atoms with Crippen LogP contribution in [0.1, 0.15) is 19.8 Å². The summed E-state index contributed by atoms with van der Waals surface area (Å²) in [4.78, 5) is 2.61.